The lowest BCUT2D eigenvalue weighted by atomic mass is 10.2. The first-order chi connectivity index (χ1) is 12.0. The van der Waals surface area contributed by atoms with Gasteiger partial charge in [-0.15, -0.1) is 0 Å². The van der Waals surface area contributed by atoms with Crippen LogP contribution in [0.3, 0.4) is 0 Å². The van der Waals surface area contributed by atoms with Crippen molar-refractivity contribution in [2.75, 3.05) is 22.5 Å². The van der Waals surface area contributed by atoms with E-state index in [1.807, 2.05) is 0 Å². The third kappa shape index (κ3) is 4.39. The van der Waals surface area contributed by atoms with Gasteiger partial charge in [0, 0.05) is 30.8 Å². The summed E-state index contributed by atoms with van der Waals surface area (Å²) in [5.74, 6) is -0.274. The van der Waals surface area contributed by atoms with Gasteiger partial charge >= 0.3 is 0 Å². The number of hydrogen-bond donors (Lipinski definition) is 1. The number of benzene rings is 1. The summed E-state index contributed by atoms with van der Waals surface area (Å²) in [7, 11) is -3.18. The standard InChI is InChI=1S/C18H24N2O4S/c21-17(11-13-25(23,24)16-4-1-2-5-16)19-14-7-9-15(10-8-14)20-12-3-6-18(20)22/h7-10,16H,1-6,11-13H2,(H,19,21). The van der Waals surface area contributed by atoms with E-state index in [1.54, 1.807) is 29.2 Å². The average Bonchev–Trinajstić information content (AvgIpc) is 3.26. The van der Waals surface area contributed by atoms with E-state index >= 15 is 0 Å². The SMILES string of the molecule is O=C(CCS(=O)(=O)C1CCCC1)Nc1ccc(N2CCCC2=O)cc1. The molecule has 2 fully saturated rings. The second-order valence-corrected chi connectivity index (χ2v) is 9.17. The first kappa shape index (κ1) is 17.9. The monoisotopic (exact) mass is 364 g/mol. The fourth-order valence-corrected chi connectivity index (χ4v) is 5.37. The lowest BCUT2D eigenvalue weighted by Crippen LogP contribution is -2.25. The van der Waals surface area contributed by atoms with Crippen LogP contribution < -0.4 is 10.2 Å². The van der Waals surface area contributed by atoms with Crippen molar-refractivity contribution in [2.24, 2.45) is 0 Å². The van der Waals surface area contributed by atoms with Crippen LogP contribution >= 0.6 is 0 Å². The maximum atomic E-state index is 12.2. The summed E-state index contributed by atoms with van der Waals surface area (Å²) >= 11 is 0. The smallest absolute Gasteiger partial charge is 0.227 e. The number of hydrogen-bond acceptors (Lipinski definition) is 4. The van der Waals surface area contributed by atoms with Gasteiger partial charge in [-0.1, -0.05) is 12.8 Å². The molecule has 2 amide bonds. The molecule has 1 saturated carbocycles. The fraction of sp³-hybridized carbons (Fsp3) is 0.556. The maximum Gasteiger partial charge on any atom is 0.227 e. The summed E-state index contributed by atoms with van der Waals surface area (Å²) in [5.41, 5.74) is 1.43. The van der Waals surface area contributed by atoms with E-state index in [9.17, 15) is 18.0 Å². The zero-order valence-electron chi connectivity index (χ0n) is 14.2. The van der Waals surface area contributed by atoms with E-state index in [-0.39, 0.29) is 29.2 Å². The summed E-state index contributed by atoms with van der Waals surface area (Å²) in [6, 6.07) is 7.08. The largest absolute Gasteiger partial charge is 0.326 e. The van der Waals surface area contributed by atoms with Gasteiger partial charge in [0.25, 0.3) is 0 Å². The van der Waals surface area contributed by atoms with Crippen molar-refractivity contribution >= 4 is 33.0 Å². The molecule has 0 atom stereocenters. The molecule has 1 aliphatic heterocycles. The highest BCUT2D eigenvalue weighted by Gasteiger charge is 2.28. The second kappa shape index (κ2) is 7.56. The van der Waals surface area contributed by atoms with Crippen molar-refractivity contribution in [3.8, 4) is 0 Å². The summed E-state index contributed by atoms with van der Waals surface area (Å²) in [6.07, 6.45) is 4.79. The molecular formula is C18H24N2O4S. The van der Waals surface area contributed by atoms with E-state index in [0.29, 0.717) is 12.1 Å². The lowest BCUT2D eigenvalue weighted by Gasteiger charge is -2.16. The Bertz CT molecular complexity index is 737. The fourth-order valence-electron chi connectivity index (χ4n) is 3.52. The predicted octanol–water partition coefficient (Wildman–Crippen LogP) is 2.50. The van der Waals surface area contributed by atoms with Crippen LogP contribution in [0.1, 0.15) is 44.9 Å². The van der Waals surface area contributed by atoms with Gasteiger partial charge in [-0.3, -0.25) is 9.59 Å². The third-order valence-corrected chi connectivity index (χ3v) is 7.22. The summed E-state index contributed by atoms with van der Waals surface area (Å²) < 4.78 is 24.4. The van der Waals surface area contributed by atoms with Gasteiger partial charge in [0.15, 0.2) is 9.84 Å². The molecule has 0 bridgehead atoms. The number of carbonyl (C=O) groups excluding carboxylic acids is 2. The Morgan fingerprint density at radius 2 is 1.80 bits per heavy atom. The molecule has 0 aromatic heterocycles. The van der Waals surface area contributed by atoms with Gasteiger partial charge in [-0.2, -0.15) is 0 Å². The molecule has 2 aliphatic rings. The number of rotatable bonds is 6. The van der Waals surface area contributed by atoms with Crippen LogP contribution in [0.15, 0.2) is 24.3 Å². The molecule has 1 aromatic rings. The minimum absolute atomic E-state index is 0.0226. The Labute approximate surface area is 148 Å². The summed E-state index contributed by atoms with van der Waals surface area (Å²) in [6.45, 7) is 0.726. The quantitative estimate of drug-likeness (QED) is 0.841. The van der Waals surface area contributed by atoms with Crippen LogP contribution in [0.25, 0.3) is 0 Å². The number of nitrogens with one attached hydrogen (secondary N) is 1. The van der Waals surface area contributed by atoms with Crippen molar-refractivity contribution in [1.82, 2.24) is 0 Å². The van der Waals surface area contributed by atoms with E-state index in [2.05, 4.69) is 5.32 Å². The molecule has 1 heterocycles. The van der Waals surface area contributed by atoms with Gasteiger partial charge in [0.05, 0.1) is 11.0 Å². The number of amides is 2. The van der Waals surface area contributed by atoms with Gasteiger partial charge < -0.3 is 10.2 Å². The van der Waals surface area contributed by atoms with Crippen LogP contribution in [0.5, 0.6) is 0 Å². The van der Waals surface area contributed by atoms with Crippen LogP contribution in [0.4, 0.5) is 11.4 Å². The third-order valence-electron chi connectivity index (χ3n) is 4.96. The normalized spacial score (nSPS) is 18.7. The topological polar surface area (TPSA) is 83.6 Å². The molecule has 1 aromatic carbocycles. The van der Waals surface area contributed by atoms with Crippen LogP contribution in [-0.2, 0) is 19.4 Å². The van der Waals surface area contributed by atoms with Crippen molar-refractivity contribution in [1.29, 1.82) is 0 Å². The molecule has 0 unspecified atom stereocenters. The zero-order valence-corrected chi connectivity index (χ0v) is 15.1. The van der Waals surface area contributed by atoms with Crippen molar-refractivity contribution < 1.29 is 18.0 Å². The van der Waals surface area contributed by atoms with Gasteiger partial charge in [0.1, 0.15) is 0 Å². The van der Waals surface area contributed by atoms with E-state index in [1.165, 1.54) is 0 Å². The zero-order chi connectivity index (χ0) is 17.9. The molecule has 136 valence electrons. The van der Waals surface area contributed by atoms with E-state index < -0.39 is 9.84 Å². The Morgan fingerprint density at radius 1 is 1.12 bits per heavy atom. The molecule has 0 spiro atoms. The highest BCUT2D eigenvalue weighted by molar-refractivity contribution is 7.92. The van der Waals surface area contributed by atoms with Gasteiger partial charge in [-0.05, 0) is 43.5 Å². The highest BCUT2D eigenvalue weighted by Crippen LogP contribution is 2.26. The van der Waals surface area contributed by atoms with Crippen molar-refractivity contribution in [3.63, 3.8) is 0 Å². The van der Waals surface area contributed by atoms with Crippen LogP contribution in [0.2, 0.25) is 0 Å². The van der Waals surface area contributed by atoms with Crippen LogP contribution in [-0.4, -0.2) is 37.8 Å². The maximum absolute atomic E-state index is 12.2. The average molecular weight is 364 g/mol. The minimum Gasteiger partial charge on any atom is -0.326 e. The Hall–Kier alpha value is -1.89. The number of sulfone groups is 1. The molecule has 25 heavy (non-hydrogen) atoms. The number of anilines is 2. The van der Waals surface area contributed by atoms with Gasteiger partial charge in [-0.25, -0.2) is 8.42 Å². The molecule has 1 saturated heterocycles. The summed E-state index contributed by atoms with van der Waals surface area (Å²) in [5, 5.41) is 2.46. The lowest BCUT2D eigenvalue weighted by molar-refractivity contribution is -0.117. The first-order valence-electron chi connectivity index (χ1n) is 8.87. The van der Waals surface area contributed by atoms with Crippen molar-refractivity contribution in [2.45, 2.75) is 50.2 Å². The number of carbonyl (C=O) groups is 2. The van der Waals surface area contributed by atoms with E-state index in [4.69, 9.17) is 0 Å². The number of nitrogens with zero attached hydrogens (tertiary/aromatic N) is 1. The van der Waals surface area contributed by atoms with Crippen LogP contribution in [0, 0.1) is 0 Å². The molecule has 6 nitrogen and oxygen atoms in total. The second-order valence-electron chi connectivity index (χ2n) is 6.77. The Morgan fingerprint density at radius 3 is 2.40 bits per heavy atom. The molecular weight excluding hydrogens is 340 g/mol. The predicted molar refractivity (Wildman–Crippen MR) is 97.3 cm³/mol. The molecule has 1 N–H and O–H groups in total. The Balaban J connectivity index is 1.51. The first-order valence-corrected chi connectivity index (χ1v) is 10.6. The van der Waals surface area contributed by atoms with Gasteiger partial charge in [0.2, 0.25) is 11.8 Å². The molecule has 3 rings (SSSR count). The molecule has 0 radical (unpaired) electrons. The van der Waals surface area contributed by atoms with E-state index in [0.717, 1.165) is 44.3 Å². The molecule has 1 aliphatic carbocycles. The minimum atomic E-state index is -3.18. The Kier molecular flexibility index (Phi) is 5.42. The molecule has 7 heteroatoms. The summed E-state index contributed by atoms with van der Waals surface area (Å²) in [4.78, 5) is 25.5. The highest BCUT2D eigenvalue weighted by atomic mass is 32.2. The van der Waals surface area contributed by atoms with Crippen molar-refractivity contribution in [3.05, 3.63) is 24.3 Å².